The molecule has 0 fully saturated rings. The number of aliphatic hydroxyl groups is 1. The fraction of sp³-hybridized carbons (Fsp3) is 0.333. The highest BCUT2D eigenvalue weighted by molar-refractivity contribution is 5.63. The summed E-state index contributed by atoms with van der Waals surface area (Å²) in [6, 6.07) is 9.77. The number of aryl methyl sites for hydroxylation is 2. The van der Waals surface area contributed by atoms with E-state index in [1.165, 1.54) is 0 Å². The van der Waals surface area contributed by atoms with E-state index in [1.807, 2.05) is 37.3 Å². The van der Waals surface area contributed by atoms with E-state index in [0.29, 0.717) is 0 Å². The first-order valence-electron chi connectivity index (χ1n) is 6.28. The molecule has 0 aliphatic rings. The molecular formula is C15H18N2O. The molecule has 2 rings (SSSR count). The van der Waals surface area contributed by atoms with Crippen LogP contribution in [0, 0.1) is 6.92 Å². The molecule has 0 unspecified atom stereocenters. The van der Waals surface area contributed by atoms with Crippen molar-refractivity contribution in [1.29, 1.82) is 0 Å². The number of hydrogen-bond acceptors (Lipinski definition) is 3. The molecule has 3 heteroatoms. The molecular weight excluding hydrogens is 224 g/mol. The molecule has 1 aromatic heterocycles. The summed E-state index contributed by atoms with van der Waals surface area (Å²) < 4.78 is 0. The summed E-state index contributed by atoms with van der Waals surface area (Å²) in [7, 11) is 0. The van der Waals surface area contributed by atoms with Crippen molar-refractivity contribution in [2.45, 2.75) is 33.3 Å². The minimum atomic E-state index is 0.0301. The molecule has 1 N–H and O–H groups in total. The van der Waals surface area contributed by atoms with E-state index in [2.05, 4.69) is 16.9 Å². The van der Waals surface area contributed by atoms with E-state index in [9.17, 15) is 5.11 Å². The van der Waals surface area contributed by atoms with Crippen molar-refractivity contribution in [3.05, 3.63) is 47.4 Å². The number of aliphatic hydroxyl groups excluding tert-OH is 1. The maximum atomic E-state index is 9.38. The number of nitrogens with zero attached hydrogens (tertiary/aromatic N) is 2. The topological polar surface area (TPSA) is 46.0 Å². The third-order valence-corrected chi connectivity index (χ3v) is 2.84. The second-order valence-electron chi connectivity index (χ2n) is 4.38. The van der Waals surface area contributed by atoms with Crippen molar-refractivity contribution in [3.63, 3.8) is 0 Å². The Hall–Kier alpha value is -1.74. The summed E-state index contributed by atoms with van der Waals surface area (Å²) in [4.78, 5) is 9.01. The van der Waals surface area contributed by atoms with Crippen LogP contribution in [0.4, 0.5) is 0 Å². The van der Waals surface area contributed by atoms with E-state index in [-0.39, 0.29) is 6.61 Å². The van der Waals surface area contributed by atoms with Gasteiger partial charge in [0.15, 0.2) is 0 Å². The largest absolute Gasteiger partial charge is 0.392 e. The van der Waals surface area contributed by atoms with Crippen LogP contribution >= 0.6 is 0 Å². The monoisotopic (exact) mass is 242 g/mol. The highest BCUT2D eigenvalue weighted by atomic mass is 16.3. The molecule has 1 aromatic carbocycles. The third kappa shape index (κ3) is 2.74. The summed E-state index contributed by atoms with van der Waals surface area (Å²) in [6.07, 6.45) is 1.92. The van der Waals surface area contributed by atoms with Crippen LogP contribution in [0.25, 0.3) is 11.3 Å². The Morgan fingerprint density at radius 1 is 1.17 bits per heavy atom. The summed E-state index contributed by atoms with van der Waals surface area (Å²) >= 11 is 0. The summed E-state index contributed by atoms with van der Waals surface area (Å²) in [5, 5.41) is 9.38. The summed E-state index contributed by atoms with van der Waals surface area (Å²) in [6.45, 7) is 4.13. The third-order valence-electron chi connectivity index (χ3n) is 2.84. The molecule has 1 heterocycles. The van der Waals surface area contributed by atoms with Crippen LogP contribution in [-0.4, -0.2) is 15.1 Å². The zero-order chi connectivity index (χ0) is 13.0. The molecule has 0 radical (unpaired) electrons. The van der Waals surface area contributed by atoms with E-state index in [1.54, 1.807) is 0 Å². The smallest absolute Gasteiger partial charge is 0.129 e. The Balaban J connectivity index is 2.49. The molecule has 3 nitrogen and oxygen atoms in total. The predicted molar refractivity (Wildman–Crippen MR) is 72.1 cm³/mol. The molecule has 0 spiro atoms. The molecule has 0 aliphatic carbocycles. The van der Waals surface area contributed by atoms with Gasteiger partial charge in [0, 0.05) is 17.7 Å². The van der Waals surface area contributed by atoms with Crippen molar-refractivity contribution >= 4 is 0 Å². The van der Waals surface area contributed by atoms with Gasteiger partial charge in [-0.3, -0.25) is 0 Å². The lowest BCUT2D eigenvalue weighted by Crippen LogP contribution is -2.00. The lowest BCUT2D eigenvalue weighted by atomic mass is 10.0. The zero-order valence-electron chi connectivity index (χ0n) is 10.8. The Morgan fingerprint density at radius 3 is 2.67 bits per heavy atom. The zero-order valence-corrected chi connectivity index (χ0v) is 10.8. The van der Waals surface area contributed by atoms with Crippen molar-refractivity contribution in [1.82, 2.24) is 9.97 Å². The van der Waals surface area contributed by atoms with Crippen LogP contribution in [0.1, 0.15) is 30.4 Å². The van der Waals surface area contributed by atoms with E-state index in [4.69, 9.17) is 0 Å². The number of hydrogen-bond donors (Lipinski definition) is 1. The van der Waals surface area contributed by atoms with Crippen LogP contribution in [-0.2, 0) is 13.0 Å². The molecule has 0 amide bonds. The van der Waals surface area contributed by atoms with Gasteiger partial charge < -0.3 is 5.11 Å². The van der Waals surface area contributed by atoms with Crippen molar-refractivity contribution in [3.8, 4) is 11.3 Å². The van der Waals surface area contributed by atoms with Gasteiger partial charge in [0.2, 0.25) is 0 Å². The van der Waals surface area contributed by atoms with Gasteiger partial charge in [-0.2, -0.15) is 0 Å². The molecule has 18 heavy (non-hydrogen) atoms. The fourth-order valence-corrected chi connectivity index (χ4v) is 2.01. The second kappa shape index (κ2) is 5.74. The number of aromatic nitrogens is 2. The summed E-state index contributed by atoms with van der Waals surface area (Å²) in [5.41, 5.74) is 3.76. The van der Waals surface area contributed by atoms with Crippen molar-refractivity contribution < 1.29 is 5.11 Å². The molecule has 0 saturated heterocycles. The fourth-order valence-electron chi connectivity index (χ4n) is 2.01. The van der Waals surface area contributed by atoms with Gasteiger partial charge in [0.05, 0.1) is 12.3 Å². The normalized spacial score (nSPS) is 10.6. The molecule has 94 valence electrons. The first-order chi connectivity index (χ1) is 8.74. The van der Waals surface area contributed by atoms with Crippen LogP contribution in [0.15, 0.2) is 30.3 Å². The molecule has 0 bridgehead atoms. The predicted octanol–water partition coefficient (Wildman–Crippen LogP) is 2.90. The van der Waals surface area contributed by atoms with Crippen LogP contribution in [0.2, 0.25) is 0 Å². The highest BCUT2D eigenvalue weighted by Gasteiger charge is 2.07. The van der Waals surface area contributed by atoms with Gasteiger partial charge in [-0.25, -0.2) is 9.97 Å². The van der Waals surface area contributed by atoms with Crippen LogP contribution in [0.3, 0.4) is 0 Å². The molecule has 0 atom stereocenters. The first kappa shape index (κ1) is 12.7. The Kier molecular flexibility index (Phi) is 4.05. The van der Waals surface area contributed by atoms with Crippen molar-refractivity contribution in [2.75, 3.05) is 0 Å². The number of rotatable bonds is 4. The van der Waals surface area contributed by atoms with E-state index < -0.39 is 0 Å². The van der Waals surface area contributed by atoms with Gasteiger partial charge in [0.25, 0.3) is 0 Å². The lowest BCUT2D eigenvalue weighted by Gasteiger charge is -2.09. The summed E-state index contributed by atoms with van der Waals surface area (Å²) in [5.74, 6) is 0.875. The average Bonchev–Trinajstić information content (AvgIpc) is 2.38. The standard InChI is InChI=1S/C15H18N2O/c1-3-6-15-16-11(2)9-14(17-15)13-8-5-4-7-12(13)10-18/h4-5,7-9,18H,3,6,10H2,1-2H3. The minimum Gasteiger partial charge on any atom is -0.392 e. The molecule has 0 saturated carbocycles. The maximum Gasteiger partial charge on any atom is 0.129 e. The van der Waals surface area contributed by atoms with E-state index >= 15 is 0 Å². The van der Waals surface area contributed by atoms with Gasteiger partial charge in [-0.05, 0) is 25.0 Å². The van der Waals surface area contributed by atoms with Gasteiger partial charge in [0.1, 0.15) is 5.82 Å². The lowest BCUT2D eigenvalue weighted by molar-refractivity contribution is 0.282. The van der Waals surface area contributed by atoms with Crippen LogP contribution < -0.4 is 0 Å². The number of benzene rings is 1. The minimum absolute atomic E-state index is 0.0301. The first-order valence-corrected chi connectivity index (χ1v) is 6.28. The molecule has 0 aliphatic heterocycles. The van der Waals surface area contributed by atoms with Gasteiger partial charge in [-0.1, -0.05) is 31.2 Å². The average molecular weight is 242 g/mol. The van der Waals surface area contributed by atoms with Crippen LogP contribution in [0.5, 0.6) is 0 Å². The SMILES string of the molecule is CCCc1nc(C)cc(-c2ccccc2CO)n1. The molecule has 2 aromatic rings. The van der Waals surface area contributed by atoms with E-state index in [0.717, 1.165) is 41.2 Å². The van der Waals surface area contributed by atoms with Crippen molar-refractivity contribution in [2.24, 2.45) is 0 Å². The second-order valence-corrected chi connectivity index (χ2v) is 4.38. The van der Waals surface area contributed by atoms with Gasteiger partial charge >= 0.3 is 0 Å². The maximum absolute atomic E-state index is 9.38. The Morgan fingerprint density at radius 2 is 1.94 bits per heavy atom. The van der Waals surface area contributed by atoms with Gasteiger partial charge in [-0.15, -0.1) is 0 Å². The quantitative estimate of drug-likeness (QED) is 0.896. The Bertz CT molecular complexity index is 538. The highest BCUT2D eigenvalue weighted by Crippen LogP contribution is 2.22. The Labute approximate surface area is 108 Å².